The lowest BCUT2D eigenvalue weighted by atomic mass is 10.1. The van der Waals surface area contributed by atoms with Crippen molar-refractivity contribution in [1.29, 1.82) is 0 Å². The quantitative estimate of drug-likeness (QED) is 0.650. The summed E-state index contributed by atoms with van der Waals surface area (Å²) in [6, 6.07) is 8.30. The molecule has 0 aliphatic carbocycles. The number of benzene rings is 1. The highest BCUT2D eigenvalue weighted by Crippen LogP contribution is 2.18. The van der Waals surface area contributed by atoms with Crippen LogP contribution in [-0.4, -0.2) is 0 Å². The lowest BCUT2D eigenvalue weighted by Crippen LogP contribution is -1.98. The summed E-state index contributed by atoms with van der Waals surface area (Å²) in [6.45, 7) is 3.92. The maximum atomic E-state index is 3.92. The highest BCUT2D eigenvalue weighted by Gasteiger charge is 2.00. The van der Waals surface area contributed by atoms with Crippen molar-refractivity contribution in [1.82, 2.24) is 0 Å². The molecule has 1 heterocycles. The monoisotopic (exact) mass is 183 g/mol. The number of hydrogen-bond donors (Lipinski definition) is 1. The fraction of sp³-hybridized carbons (Fsp3) is 0.0769. The van der Waals surface area contributed by atoms with Crippen molar-refractivity contribution in [3.63, 3.8) is 0 Å². The molecule has 1 aliphatic rings. The van der Waals surface area contributed by atoms with Gasteiger partial charge in [-0.2, -0.15) is 0 Å². The first kappa shape index (κ1) is 8.82. The van der Waals surface area contributed by atoms with Gasteiger partial charge >= 0.3 is 0 Å². The Kier molecular flexibility index (Phi) is 2.50. The number of hydrogen-bond acceptors (Lipinski definition) is 1. The fourth-order valence-corrected chi connectivity index (χ4v) is 1.48. The van der Waals surface area contributed by atoms with Crippen LogP contribution in [0.4, 0.5) is 5.69 Å². The van der Waals surface area contributed by atoms with E-state index in [0.29, 0.717) is 0 Å². The minimum atomic E-state index is 0.920. The second-order valence-electron chi connectivity index (χ2n) is 3.30. The van der Waals surface area contributed by atoms with Gasteiger partial charge < -0.3 is 5.32 Å². The van der Waals surface area contributed by atoms with Crippen molar-refractivity contribution in [2.75, 3.05) is 5.32 Å². The molecule has 0 saturated heterocycles. The SMILES string of the molecule is C=C1/C=C\C=C\Cc2ccccc2N1. The van der Waals surface area contributed by atoms with E-state index in [2.05, 4.69) is 42.2 Å². The van der Waals surface area contributed by atoms with Crippen LogP contribution < -0.4 is 5.32 Å². The molecule has 0 radical (unpaired) electrons. The molecule has 14 heavy (non-hydrogen) atoms. The third-order valence-electron chi connectivity index (χ3n) is 2.19. The average molecular weight is 183 g/mol. The fourth-order valence-electron chi connectivity index (χ4n) is 1.48. The first-order chi connectivity index (χ1) is 6.86. The predicted molar refractivity (Wildman–Crippen MR) is 61.2 cm³/mol. The maximum Gasteiger partial charge on any atom is 0.0419 e. The van der Waals surface area contributed by atoms with Crippen molar-refractivity contribution in [2.45, 2.75) is 6.42 Å². The first-order valence-corrected chi connectivity index (χ1v) is 4.73. The van der Waals surface area contributed by atoms with E-state index in [9.17, 15) is 0 Å². The summed E-state index contributed by atoms with van der Waals surface area (Å²) in [4.78, 5) is 0. The topological polar surface area (TPSA) is 12.0 Å². The molecule has 0 unspecified atom stereocenters. The van der Waals surface area contributed by atoms with Crippen LogP contribution in [0.15, 0.2) is 60.8 Å². The van der Waals surface area contributed by atoms with E-state index in [-0.39, 0.29) is 0 Å². The van der Waals surface area contributed by atoms with Crippen molar-refractivity contribution in [2.24, 2.45) is 0 Å². The molecular weight excluding hydrogens is 170 g/mol. The molecule has 70 valence electrons. The molecule has 0 atom stereocenters. The normalized spacial score (nSPS) is 19.6. The highest BCUT2D eigenvalue weighted by molar-refractivity contribution is 5.57. The minimum absolute atomic E-state index is 0.920. The highest BCUT2D eigenvalue weighted by atomic mass is 14.9. The van der Waals surface area contributed by atoms with E-state index in [4.69, 9.17) is 0 Å². The predicted octanol–water partition coefficient (Wildman–Crippen LogP) is 3.28. The van der Waals surface area contributed by atoms with Gasteiger partial charge in [0.2, 0.25) is 0 Å². The van der Waals surface area contributed by atoms with Gasteiger partial charge in [0.25, 0.3) is 0 Å². The van der Waals surface area contributed by atoms with Crippen molar-refractivity contribution >= 4 is 5.69 Å². The van der Waals surface area contributed by atoms with Crippen LogP contribution in [0.2, 0.25) is 0 Å². The molecule has 0 bridgehead atoms. The molecule has 1 nitrogen and oxygen atoms in total. The van der Waals surface area contributed by atoms with E-state index in [1.807, 2.05) is 18.2 Å². The zero-order chi connectivity index (χ0) is 9.80. The van der Waals surface area contributed by atoms with Crippen LogP contribution in [0.1, 0.15) is 5.56 Å². The Hall–Kier alpha value is -1.76. The molecule has 0 amide bonds. The molecular formula is C13H13N. The molecule has 0 saturated carbocycles. The number of rotatable bonds is 0. The lowest BCUT2D eigenvalue weighted by molar-refractivity contribution is 1.26. The summed E-state index contributed by atoms with van der Waals surface area (Å²) in [7, 11) is 0. The molecule has 1 aliphatic heterocycles. The third kappa shape index (κ3) is 1.94. The Balaban J connectivity index is 2.39. The van der Waals surface area contributed by atoms with E-state index in [0.717, 1.165) is 17.8 Å². The maximum absolute atomic E-state index is 3.92. The van der Waals surface area contributed by atoms with Gasteiger partial charge in [0.15, 0.2) is 0 Å². The minimum Gasteiger partial charge on any atom is -0.356 e. The molecule has 0 aromatic heterocycles. The van der Waals surface area contributed by atoms with Crippen molar-refractivity contribution < 1.29 is 0 Å². The largest absolute Gasteiger partial charge is 0.356 e. The summed E-state index contributed by atoms with van der Waals surface area (Å²) in [5.41, 5.74) is 3.37. The zero-order valence-electron chi connectivity index (χ0n) is 8.03. The summed E-state index contributed by atoms with van der Waals surface area (Å²) < 4.78 is 0. The van der Waals surface area contributed by atoms with Gasteiger partial charge in [-0.1, -0.05) is 43.0 Å². The van der Waals surface area contributed by atoms with Crippen LogP contribution in [0.5, 0.6) is 0 Å². The van der Waals surface area contributed by atoms with Gasteiger partial charge in [0.1, 0.15) is 0 Å². The van der Waals surface area contributed by atoms with Gasteiger partial charge in [-0.25, -0.2) is 0 Å². The van der Waals surface area contributed by atoms with Crippen molar-refractivity contribution in [3.8, 4) is 0 Å². The standard InChI is InChI=1S/C13H13N/c1-11-7-3-2-4-8-12-9-5-6-10-13(12)14-11/h2-7,9-10,14H,1,8H2/b4-2+,7-3-. The number of anilines is 1. The summed E-state index contributed by atoms with van der Waals surface area (Å²) in [5, 5.41) is 3.28. The van der Waals surface area contributed by atoms with Crippen LogP contribution in [0, 0.1) is 0 Å². The van der Waals surface area contributed by atoms with Crippen LogP contribution in [0.3, 0.4) is 0 Å². The molecule has 0 spiro atoms. The Morgan fingerprint density at radius 3 is 2.93 bits per heavy atom. The van der Waals surface area contributed by atoms with Gasteiger partial charge in [0, 0.05) is 11.4 Å². The van der Waals surface area contributed by atoms with Crippen LogP contribution >= 0.6 is 0 Å². The Labute approximate surface area is 84.5 Å². The Morgan fingerprint density at radius 1 is 1.14 bits per heavy atom. The van der Waals surface area contributed by atoms with Gasteiger partial charge in [-0.15, -0.1) is 0 Å². The van der Waals surface area contributed by atoms with Crippen LogP contribution in [-0.2, 0) is 6.42 Å². The molecule has 2 rings (SSSR count). The average Bonchev–Trinajstić information content (AvgIpc) is 2.27. The van der Waals surface area contributed by atoms with E-state index < -0.39 is 0 Å². The number of fused-ring (bicyclic) bond motifs is 1. The Morgan fingerprint density at radius 2 is 2.00 bits per heavy atom. The molecule has 1 aromatic carbocycles. The number of allylic oxidation sites excluding steroid dienone is 4. The van der Waals surface area contributed by atoms with Gasteiger partial charge in [-0.05, 0) is 24.1 Å². The molecule has 0 fully saturated rings. The second-order valence-corrected chi connectivity index (χ2v) is 3.30. The third-order valence-corrected chi connectivity index (χ3v) is 2.19. The van der Waals surface area contributed by atoms with Gasteiger partial charge in [-0.3, -0.25) is 0 Å². The first-order valence-electron chi connectivity index (χ1n) is 4.73. The number of nitrogens with one attached hydrogen (secondary N) is 1. The molecule has 1 N–H and O–H groups in total. The summed E-state index contributed by atoms with van der Waals surface area (Å²) >= 11 is 0. The van der Waals surface area contributed by atoms with Gasteiger partial charge in [0.05, 0.1) is 0 Å². The smallest absolute Gasteiger partial charge is 0.0419 e. The number of para-hydroxylation sites is 1. The Bertz CT molecular complexity index is 399. The van der Waals surface area contributed by atoms with E-state index in [1.165, 1.54) is 5.56 Å². The van der Waals surface area contributed by atoms with E-state index in [1.54, 1.807) is 0 Å². The van der Waals surface area contributed by atoms with Crippen LogP contribution in [0.25, 0.3) is 0 Å². The summed E-state index contributed by atoms with van der Waals surface area (Å²) in [6.07, 6.45) is 9.13. The summed E-state index contributed by atoms with van der Waals surface area (Å²) in [5.74, 6) is 0. The molecule has 1 aromatic rings. The van der Waals surface area contributed by atoms with E-state index >= 15 is 0 Å². The molecule has 1 heteroatoms. The van der Waals surface area contributed by atoms with Crippen molar-refractivity contribution in [3.05, 3.63) is 66.4 Å². The zero-order valence-corrected chi connectivity index (χ0v) is 8.03. The lowest BCUT2D eigenvalue weighted by Gasteiger charge is -2.09. The second kappa shape index (κ2) is 3.97.